The predicted octanol–water partition coefficient (Wildman–Crippen LogP) is 3.29. The summed E-state index contributed by atoms with van der Waals surface area (Å²) in [6.07, 6.45) is 2.67. The minimum atomic E-state index is -0.220. The largest absolute Gasteiger partial charge is 0.387 e. The quantitative estimate of drug-likeness (QED) is 0.498. The average Bonchev–Trinajstić information content (AvgIpc) is 2.20. The van der Waals surface area contributed by atoms with Crippen LogP contribution < -0.4 is 5.73 Å². The van der Waals surface area contributed by atoms with Crippen LogP contribution in [0.1, 0.15) is 20.3 Å². The van der Waals surface area contributed by atoms with Crippen LogP contribution in [0.2, 0.25) is 0 Å². The molecule has 0 saturated carbocycles. The molecule has 0 bridgehead atoms. The minimum absolute atomic E-state index is 0.220. The number of hydrogen-bond acceptors (Lipinski definition) is 3. The zero-order valence-electron chi connectivity index (χ0n) is 9.46. The Balaban J connectivity index is 2.41. The maximum atomic E-state index is 7.45. The second-order valence-corrected chi connectivity index (χ2v) is 6.24. The summed E-state index contributed by atoms with van der Waals surface area (Å²) < 4.78 is 0.987. The summed E-state index contributed by atoms with van der Waals surface area (Å²) in [4.78, 5) is 4.27. The summed E-state index contributed by atoms with van der Waals surface area (Å²) in [5.41, 5.74) is 5.30. The number of nitrogens with zero attached hydrogens (tertiary/aromatic N) is 1. The SMILES string of the molecule is CC(C)(CCSc1ccc(Br)cn1)C(=N)N. The third-order valence-corrected chi connectivity index (χ3v) is 3.82. The number of halogens is 1. The first-order valence-electron chi connectivity index (χ1n) is 5.01. The highest BCUT2D eigenvalue weighted by atomic mass is 79.9. The van der Waals surface area contributed by atoms with E-state index in [4.69, 9.17) is 11.1 Å². The zero-order chi connectivity index (χ0) is 12.2. The van der Waals surface area contributed by atoms with Gasteiger partial charge in [0, 0.05) is 21.8 Å². The van der Waals surface area contributed by atoms with Crippen LogP contribution >= 0.6 is 27.7 Å². The van der Waals surface area contributed by atoms with Crippen molar-refractivity contribution in [3.8, 4) is 0 Å². The van der Waals surface area contributed by atoms with E-state index in [2.05, 4.69) is 20.9 Å². The number of nitrogens with two attached hydrogens (primary N) is 1. The van der Waals surface area contributed by atoms with Gasteiger partial charge < -0.3 is 5.73 Å². The summed E-state index contributed by atoms with van der Waals surface area (Å²) in [6, 6.07) is 3.96. The van der Waals surface area contributed by atoms with Gasteiger partial charge in [0.15, 0.2) is 0 Å². The van der Waals surface area contributed by atoms with Gasteiger partial charge in [-0.05, 0) is 34.5 Å². The molecule has 0 atom stereocenters. The van der Waals surface area contributed by atoms with Crippen LogP contribution in [-0.2, 0) is 0 Å². The van der Waals surface area contributed by atoms with Crippen molar-refractivity contribution in [1.82, 2.24) is 4.98 Å². The molecule has 1 heterocycles. The zero-order valence-corrected chi connectivity index (χ0v) is 11.9. The lowest BCUT2D eigenvalue weighted by atomic mass is 9.89. The molecule has 16 heavy (non-hydrogen) atoms. The maximum Gasteiger partial charge on any atom is 0.0963 e. The molecular weight excluding hydrogens is 286 g/mol. The van der Waals surface area contributed by atoms with Gasteiger partial charge in [-0.3, -0.25) is 5.41 Å². The van der Waals surface area contributed by atoms with Crippen LogP contribution in [-0.4, -0.2) is 16.6 Å². The first kappa shape index (κ1) is 13.5. The first-order valence-corrected chi connectivity index (χ1v) is 6.78. The molecule has 0 unspecified atom stereocenters. The van der Waals surface area contributed by atoms with E-state index >= 15 is 0 Å². The molecule has 5 heteroatoms. The Morgan fingerprint density at radius 2 is 2.25 bits per heavy atom. The molecule has 0 fully saturated rings. The summed E-state index contributed by atoms with van der Waals surface area (Å²) in [5, 5.41) is 8.46. The van der Waals surface area contributed by atoms with Crippen LogP contribution in [0.25, 0.3) is 0 Å². The standard InChI is InChI=1S/C11H16BrN3S/c1-11(2,10(13)14)5-6-16-9-4-3-8(12)7-15-9/h3-4,7H,5-6H2,1-2H3,(H3,13,14). The number of nitrogens with one attached hydrogen (secondary N) is 1. The highest BCUT2D eigenvalue weighted by Gasteiger charge is 2.20. The van der Waals surface area contributed by atoms with Gasteiger partial charge in [0.05, 0.1) is 10.9 Å². The lowest BCUT2D eigenvalue weighted by Crippen LogP contribution is -2.31. The topological polar surface area (TPSA) is 62.8 Å². The molecule has 0 aromatic carbocycles. The second kappa shape index (κ2) is 5.68. The van der Waals surface area contributed by atoms with E-state index < -0.39 is 0 Å². The lowest BCUT2D eigenvalue weighted by molar-refractivity contribution is 0.500. The van der Waals surface area contributed by atoms with Crippen molar-refractivity contribution >= 4 is 33.5 Å². The van der Waals surface area contributed by atoms with Gasteiger partial charge in [-0.15, -0.1) is 11.8 Å². The van der Waals surface area contributed by atoms with Crippen molar-refractivity contribution in [2.24, 2.45) is 11.1 Å². The fourth-order valence-electron chi connectivity index (χ4n) is 0.993. The van der Waals surface area contributed by atoms with Crippen LogP contribution in [0.3, 0.4) is 0 Å². The Morgan fingerprint density at radius 1 is 1.56 bits per heavy atom. The Morgan fingerprint density at radius 3 is 2.75 bits per heavy atom. The predicted molar refractivity (Wildman–Crippen MR) is 73.0 cm³/mol. The van der Waals surface area contributed by atoms with Gasteiger partial charge in [0.2, 0.25) is 0 Å². The molecule has 0 aliphatic carbocycles. The molecule has 0 aliphatic heterocycles. The number of aromatic nitrogens is 1. The highest BCUT2D eigenvalue weighted by molar-refractivity contribution is 9.10. The molecule has 1 rings (SSSR count). The molecule has 3 nitrogen and oxygen atoms in total. The fourth-order valence-corrected chi connectivity index (χ4v) is 2.34. The van der Waals surface area contributed by atoms with E-state index in [-0.39, 0.29) is 11.3 Å². The van der Waals surface area contributed by atoms with Gasteiger partial charge in [-0.1, -0.05) is 13.8 Å². The molecule has 0 saturated heterocycles. The highest BCUT2D eigenvalue weighted by Crippen LogP contribution is 2.25. The normalized spacial score (nSPS) is 11.4. The molecule has 0 aliphatic rings. The van der Waals surface area contributed by atoms with Crippen LogP contribution in [0.5, 0.6) is 0 Å². The number of amidine groups is 1. The summed E-state index contributed by atoms with van der Waals surface area (Å²) in [5.74, 6) is 1.16. The smallest absolute Gasteiger partial charge is 0.0963 e. The molecule has 0 radical (unpaired) electrons. The number of pyridine rings is 1. The second-order valence-electron chi connectivity index (χ2n) is 4.21. The molecule has 88 valence electrons. The summed E-state index contributed by atoms with van der Waals surface area (Å²) in [7, 11) is 0. The van der Waals surface area contributed by atoms with Crippen molar-refractivity contribution in [2.75, 3.05) is 5.75 Å². The minimum Gasteiger partial charge on any atom is -0.387 e. The third-order valence-electron chi connectivity index (χ3n) is 2.41. The molecule has 3 N–H and O–H groups in total. The van der Waals surface area contributed by atoms with Crippen LogP contribution in [0.15, 0.2) is 27.8 Å². The molecule has 0 spiro atoms. The van der Waals surface area contributed by atoms with Gasteiger partial charge in [0.25, 0.3) is 0 Å². The third kappa shape index (κ3) is 4.14. The van der Waals surface area contributed by atoms with Gasteiger partial charge in [-0.2, -0.15) is 0 Å². The van der Waals surface area contributed by atoms with E-state index in [1.54, 1.807) is 18.0 Å². The number of thioether (sulfide) groups is 1. The first-order chi connectivity index (χ1) is 7.42. The van der Waals surface area contributed by atoms with Gasteiger partial charge in [0.1, 0.15) is 0 Å². The molecule has 1 aromatic heterocycles. The molecule has 1 aromatic rings. The Labute approximate surface area is 109 Å². The van der Waals surface area contributed by atoms with E-state index in [1.165, 1.54) is 0 Å². The Kier molecular flexibility index (Phi) is 4.80. The van der Waals surface area contributed by atoms with E-state index in [0.717, 1.165) is 21.7 Å². The molecule has 0 amide bonds. The van der Waals surface area contributed by atoms with Crippen LogP contribution in [0.4, 0.5) is 0 Å². The van der Waals surface area contributed by atoms with E-state index in [1.807, 2.05) is 26.0 Å². The monoisotopic (exact) mass is 301 g/mol. The van der Waals surface area contributed by atoms with Crippen molar-refractivity contribution in [3.05, 3.63) is 22.8 Å². The van der Waals surface area contributed by atoms with E-state index in [9.17, 15) is 0 Å². The maximum absolute atomic E-state index is 7.45. The van der Waals surface area contributed by atoms with Gasteiger partial charge in [-0.25, -0.2) is 4.98 Å². The van der Waals surface area contributed by atoms with Crippen molar-refractivity contribution in [2.45, 2.75) is 25.3 Å². The summed E-state index contributed by atoms with van der Waals surface area (Å²) >= 11 is 5.04. The fraction of sp³-hybridized carbons (Fsp3) is 0.455. The van der Waals surface area contributed by atoms with Crippen molar-refractivity contribution in [1.29, 1.82) is 5.41 Å². The average molecular weight is 302 g/mol. The van der Waals surface area contributed by atoms with E-state index in [0.29, 0.717) is 0 Å². The van der Waals surface area contributed by atoms with Crippen molar-refractivity contribution in [3.63, 3.8) is 0 Å². The Bertz CT molecular complexity index is 362. The van der Waals surface area contributed by atoms with Gasteiger partial charge >= 0.3 is 0 Å². The summed E-state index contributed by atoms with van der Waals surface area (Å²) in [6.45, 7) is 3.98. The van der Waals surface area contributed by atoms with Crippen molar-refractivity contribution < 1.29 is 0 Å². The number of rotatable bonds is 5. The number of hydrogen-bond donors (Lipinski definition) is 2. The molecular formula is C11H16BrN3S. The Hall–Kier alpha value is -0.550. The lowest BCUT2D eigenvalue weighted by Gasteiger charge is -2.22. The van der Waals surface area contributed by atoms with Crippen LogP contribution in [0, 0.1) is 10.8 Å².